The highest BCUT2D eigenvalue weighted by Gasteiger charge is 2.22. The van der Waals surface area contributed by atoms with Crippen molar-refractivity contribution in [3.8, 4) is 45.3 Å². The van der Waals surface area contributed by atoms with Crippen molar-refractivity contribution in [3.63, 3.8) is 0 Å². The maximum absolute atomic E-state index is 6.46. The number of rotatable bonds is 4. The van der Waals surface area contributed by atoms with Gasteiger partial charge in [-0.3, -0.25) is 0 Å². The predicted molar refractivity (Wildman–Crippen MR) is 211 cm³/mol. The number of nitrogens with zero attached hydrogens (tertiary/aromatic N) is 3. The summed E-state index contributed by atoms with van der Waals surface area (Å²) < 4.78 is 12.8. The molecule has 0 bridgehead atoms. The zero-order valence-corrected chi connectivity index (χ0v) is 27.7. The average Bonchev–Trinajstić information content (AvgIpc) is 3.78. The Balaban J connectivity index is 1.22. The average molecular weight is 666 g/mol. The fourth-order valence-electron chi connectivity index (χ4n) is 7.66. The number of benzene rings is 8. The lowest BCUT2D eigenvalue weighted by Crippen LogP contribution is -2.01. The lowest BCUT2D eigenvalue weighted by molar-refractivity contribution is 0.668. The molecular weight excluding hydrogens is 639 g/mol. The van der Waals surface area contributed by atoms with Crippen LogP contribution in [-0.2, 0) is 0 Å². The second-order valence-corrected chi connectivity index (χ2v) is 13.2. The molecular formula is C47H27N3O2. The van der Waals surface area contributed by atoms with E-state index in [2.05, 4.69) is 91.0 Å². The monoisotopic (exact) mass is 665 g/mol. The van der Waals surface area contributed by atoms with Crippen LogP contribution in [0.1, 0.15) is 0 Å². The number of furan rings is 2. The molecule has 0 aliphatic heterocycles. The topological polar surface area (TPSA) is 65.0 Å². The largest absolute Gasteiger partial charge is 0.456 e. The summed E-state index contributed by atoms with van der Waals surface area (Å²) in [5, 5.41) is 8.91. The summed E-state index contributed by atoms with van der Waals surface area (Å²) >= 11 is 0. The van der Waals surface area contributed by atoms with Crippen LogP contribution in [0.2, 0.25) is 0 Å². The Bertz CT molecular complexity index is 3190. The minimum Gasteiger partial charge on any atom is -0.456 e. The summed E-state index contributed by atoms with van der Waals surface area (Å²) in [5.74, 6) is 1.72. The molecule has 0 fully saturated rings. The van der Waals surface area contributed by atoms with Gasteiger partial charge in [0.15, 0.2) is 17.5 Å². The highest BCUT2D eigenvalue weighted by Crippen LogP contribution is 2.43. The molecule has 52 heavy (non-hydrogen) atoms. The first-order valence-corrected chi connectivity index (χ1v) is 17.3. The Morgan fingerprint density at radius 3 is 1.77 bits per heavy atom. The van der Waals surface area contributed by atoms with Gasteiger partial charge in [-0.2, -0.15) is 0 Å². The number of aromatic nitrogens is 3. The predicted octanol–water partition coefficient (Wildman–Crippen LogP) is 12.6. The van der Waals surface area contributed by atoms with Crippen LogP contribution in [-0.4, -0.2) is 15.0 Å². The zero-order chi connectivity index (χ0) is 34.2. The van der Waals surface area contributed by atoms with E-state index in [-0.39, 0.29) is 0 Å². The second kappa shape index (κ2) is 11.2. The molecule has 0 saturated heterocycles. The molecule has 8 aromatic carbocycles. The maximum Gasteiger partial charge on any atom is 0.165 e. The van der Waals surface area contributed by atoms with Crippen LogP contribution in [0.15, 0.2) is 173 Å². The number of hydrogen-bond donors (Lipinski definition) is 0. The van der Waals surface area contributed by atoms with Gasteiger partial charge in [-0.25, -0.2) is 15.0 Å². The van der Waals surface area contributed by atoms with Crippen molar-refractivity contribution >= 4 is 65.4 Å². The molecule has 0 N–H and O–H groups in total. The van der Waals surface area contributed by atoms with Crippen LogP contribution in [0, 0.1) is 0 Å². The van der Waals surface area contributed by atoms with E-state index < -0.39 is 0 Å². The van der Waals surface area contributed by atoms with Gasteiger partial charge in [0.1, 0.15) is 22.3 Å². The summed E-state index contributed by atoms with van der Waals surface area (Å²) in [6.07, 6.45) is 0. The fourth-order valence-corrected chi connectivity index (χ4v) is 7.66. The van der Waals surface area contributed by atoms with Crippen molar-refractivity contribution in [1.82, 2.24) is 15.0 Å². The molecule has 0 spiro atoms. The van der Waals surface area contributed by atoms with Gasteiger partial charge in [0.25, 0.3) is 0 Å². The molecule has 0 unspecified atom stereocenters. The van der Waals surface area contributed by atoms with Crippen molar-refractivity contribution in [2.45, 2.75) is 0 Å². The quantitative estimate of drug-likeness (QED) is 0.175. The summed E-state index contributed by atoms with van der Waals surface area (Å²) in [6, 6.07) is 56.4. The van der Waals surface area contributed by atoms with E-state index in [1.165, 1.54) is 21.5 Å². The number of fused-ring (bicyclic) bond motifs is 9. The molecule has 242 valence electrons. The Labute approximate surface area is 297 Å². The third-order valence-corrected chi connectivity index (χ3v) is 10.1. The minimum absolute atomic E-state index is 0.562. The molecule has 0 aliphatic carbocycles. The van der Waals surface area contributed by atoms with E-state index in [1.807, 2.05) is 72.8 Å². The molecule has 5 nitrogen and oxygen atoms in total. The van der Waals surface area contributed by atoms with E-state index in [0.29, 0.717) is 17.5 Å². The van der Waals surface area contributed by atoms with Crippen molar-refractivity contribution in [2.24, 2.45) is 0 Å². The molecule has 0 atom stereocenters. The summed E-state index contributed by atoms with van der Waals surface area (Å²) in [6.45, 7) is 0. The van der Waals surface area contributed by atoms with Gasteiger partial charge in [0, 0.05) is 38.2 Å². The second-order valence-electron chi connectivity index (χ2n) is 13.2. The lowest BCUT2D eigenvalue weighted by Gasteiger charge is -2.14. The third kappa shape index (κ3) is 4.46. The van der Waals surface area contributed by atoms with Crippen molar-refractivity contribution < 1.29 is 8.83 Å². The Hall–Kier alpha value is -7.11. The Kier molecular flexibility index (Phi) is 6.18. The standard InChI is InChI=1S/C47H27N3O2/c1-2-11-30(12-3-1)45-48-46(32-22-23-36-35-14-6-8-16-39(35)52-42(36)27-32)50-47(49-45)44-34(24-25-41-43(44)37-15-7-9-17-40(37)51-41)31-21-20-29-19-18-28-10-4-5-13-33(28)38(29)26-31/h1-27H. The number of para-hydroxylation sites is 2. The van der Waals surface area contributed by atoms with E-state index in [0.717, 1.165) is 71.7 Å². The summed E-state index contributed by atoms with van der Waals surface area (Å²) in [7, 11) is 0. The van der Waals surface area contributed by atoms with Gasteiger partial charge < -0.3 is 8.83 Å². The molecule has 0 aliphatic rings. The molecule has 3 heterocycles. The zero-order valence-electron chi connectivity index (χ0n) is 27.7. The Morgan fingerprint density at radius 2 is 0.923 bits per heavy atom. The van der Waals surface area contributed by atoms with E-state index >= 15 is 0 Å². The molecule has 11 rings (SSSR count). The minimum atomic E-state index is 0.562. The number of hydrogen-bond acceptors (Lipinski definition) is 5. The van der Waals surface area contributed by atoms with Crippen molar-refractivity contribution in [3.05, 3.63) is 164 Å². The molecule has 3 aromatic heterocycles. The molecule has 11 aromatic rings. The van der Waals surface area contributed by atoms with Gasteiger partial charge >= 0.3 is 0 Å². The molecule has 0 saturated carbocycles. The molecule has 0 amide bonds. The van der Waals surface area contributed by atoms with E-state index in [9.17, 15) is 0 Å². The highest BCUT2D eigenvalue weighted by molar-refractivity contribution is 6.16. The van der Waals surface area contributed by atoms with Gasteiger partial charge in [0.2, 0.25) is 0 Å². The fraction of sp³-hybridized carbons (Fsp3) is 0. The highest BCUT2D eigenvalue weighted by atomic mass is 16.3. The summed E-state index contributed by atoms with van der Waals surface area (Å²) in [4.78, 5) is 15.6. The van der Waals surface area contributed by atoms with Crippen molar-refractivity contribution in [2.75, 3.05) is 0 Å². The van der Waals surface area contributed by atoms with Crippen LogP contribution in [0.4, 0.5) is 0 Å². The van der Waals surface area contributed by atoms with Crippen LogP contribution < -0.4 is 0 Å². The van der Waals surface area contributed by atoms with Crippen LogP contribution in [0.5, 0.6) is 0 Å². The van der Waals surface area contributed by atoms with Gasteiger partial charge in [-0.15, -0.1) is 0 Å². The first kappa shape index (κ1) is 28.7. The Morgan fingerprint density at radius 1 is 0.327 bits per heavy atom. The third-order valence-electron chi connectivity index (χ3n) is 10.1. The van der Waals surface area contributed by atoms with Gasteiger partial charge in [-0.05, 0) is 75.1 Å². The van der Waals surface area contributed by atoms with E-state index in [4.69, 9.17) is 23.8 Å². The van der Waals surface area contributed by atoms with Crippen molar-refractivity contribution in [1.29, 1.82) is 0 Å². The van der Waals surface area contributed by atoms with Crippen LogP contribution in [0.3, 0.4) is 0 Å². The molecule has 0 radical (unpaired) electrons. The van der Waals surface area contributed by atoms with Gasteiger partial charge in [-0.1, -0.05) is 121 Å². The first-order valence-electron chi connectivity index (χ1n) is 17.3. The lowest BCUT2D eigenvalue weighted by atomic mass is 9.92. The smallest absolute Gasteiger partial charge is 0.165 e. The normalized spacial score (nSPS) is 11.8. The van der Waals surface area contributed by atoms with Crippen LogP contribution in [0.25, 0.3) is 111 Å². The van der Waals surface area contributed by atoms with E-state index in [1.54, 1.807) is 0 Å². The molecule has 5 heteroatoms. The summed E-state index contributed by atoms with van der Waals surface area (Å²) in [5.41, 5.74) is 7.95. The van der Waals surface area contributed by atoms with Crippen LogP contribution >= 0.6 is 0 Å². The first-order chi connectivity index (χ1) is 25.7. The maximum atomic E-state index is 6.46. The van der Waals surface area contributed by atoms with Gasteiger partial charge in [0.05, 0.1) is 0 Å². The SMILES string of the molecule is c1ccc(-c2nc(-c3ccc4c(c3)oc3ccccc34)nc(-c3c(-c4ccc5ccc6ccccc6c5c4)ccc4oc5ccccc5c34)n2)cc1.